The quantitative estimate of drug-likeness (QED) is 0.417. The summed E-state index contributed by atoms with van der Waals surface area (Å²) in [6.45, 7) is 4.58. The number of likely N-dealkylation sites (N-methyl/N-ethyl adjacent to an activating group) is 1. The second kappa shape index (κ2) is 13.5. The van der Waals surface area contributed by atoms with Crippen LogP contribution in [-0.4, -0.2) is 80.6 Å². The number of halogens is 2. The standard InChI is InChI=1S/C31H32F2N6O4/c1-2-38(24-13-9-22(33)10-14-24)28(40)20-39-27-6-4-3-5-25(27)26(19-37-15-17-43-18-16-37)35-29(30(39)41)36-31(42)34-23-11-7-21(32)8-12-23/h3-14,29H,2,15-20H2,1H3,(H2,34,36,42). The summed E-state index contributed by atoms with van der Waals surface area (Å²) in [5.74, 6) is -1.89. The number of amides is 4. The summed E-state index contributed by atoms with van der Waals surface area (Å²) in [7, 11) is 0. The van der Waals surface area contributed by atoms with Crippen LogP contribution in [0.2, 0.25) is 0 Å². The SMILES string of the molecule is CCN(C(=O)CN1C(=O)C(NC(=O)Nc2ccc(F)cc2)N=C(CN2CCOCC2)c2ccccc21)c1ccc(F)cc1. The molecule has 12 heteroatoms. The number of hydrogen-bond acceptors (Lipinski definition) is 6. The average Bonchev–Trinajstić information content (AvgIpc) is 3.11. The van der Waals surface area contributed by atoms with Gasteiger partial charge >= 0.3 is 6.03 Å². The fourth-order valence-corrected chi connectivity index (χ4v) is 5.02. The lowest BCUT2D eigenvalue weighted by atomic mass is 10.1. The second-order valence-electron chi connectivity index (χ2n) is 10.0. The Bertz CT molecular complexity index is 1490. The maximum Gasteiger partial charge on any atom is 0.321 e. The third-order valence-corrected chi connectivity index (χ3v) is 7.19. The van der Waals surface area contributed by atoms with E-state index in [2.05, 4.69) is 15.5 Å². The summed E-state index contributed by atoms with van der Waals surface area (Å²) in [5, 5.41) is 5.22. The first-order chi connectivity index (χ1) is 20.8. The Morgan fingerprint density at radius 1 is 0.977 bits per heavy atom. The minimum Gasteiger partial charge on any atom is -0.379 e. The van der Waals surface area contributed by atoms with E-state index in [1.807, 2.05) is 12.1 Å². The number of carbonyl (C=O) groups is 3. The van der Waals surface area contributed by atoms with E-state index in [1.165, 1.54) is 58.3 Å². The highest BCUT2D eigenvalue weighted by molar-refractivity contribution is 6.16. The Balaban J connectivity index is 1.46. The van der Waals surface area contributed by atoms with Crippen molar-refractivity contribution in [1.29, 1.82) is 0 Å². The maximum absolute atomic E-state index is 14.1. The highest BCUT2D eigenvalue weighted by Gasteiger charge is 2.35. The zero-order valence-corrected chi connectivity index (χ0v) is 23.6. The van der Waals surface area contributed by atoms with Crippen molar-refractivity contribution in [3.63, 3.8) is 0 Å². The number of anilines is 3. The van der Waals surface area contributed by atoms with E-state index < -0.39 is 35.6 Å². The van der Waals surface area contributed by atoms with Crippen LogP contribution in [0.5, 0.6) is 0 Å². The number of aliphatic imine (C=N–C) groups is 1. The Morgan fingerprint density at radius 2 is 1.63 bits per heavy atom. The van der Waals surface area contributed by atoms with Crippen LogP contribution in [0.25, 0.3) is 0 Å². The van der Waals surface area contributed by atoms with Crippen LogP contribution in [0.3, 0.4) is 0 Å². The lowest BCUT2D eigenvalue weighted by molar-refractivity contribution is -0.123. The lowest BCUT2D eigenvalue weighted by Crippen LogP contribution is -2.51. The van der Waals surface area contributed by atoms with E-state index in [4.69, 9.17) is 9.73 Å². The third-order valence-electron chi connectivity index (χ3n) is 7.19. The van der Waals surface area contributed by atoms with Gasteiger partial charge in [0.15, 0.2) is 0 Å². The van der Waals surface area contributed by atoms with Crippen molar-refractivity contribution in [2.24, 2.45) is 4.99 Å². The third kappa shape index (κ3) is 7.22. The van der Waals surface area contributed by atoms with Crippen LogP contribution in [0.1, 0.15) is 12.5 Å². The van der Waals surface area contributed by atoms with Crippen molar-refractivity contribution >= 4 is 40.6 Å². The minimum absolute atomic E-state index is 0.286. The normalized spacial score (nSPS) is 17.0. The van der Waals surface area contributed by atoms with E-state index in [1.54, 1.807) is 19.1 Å². The molecule has 0 saturated carbocycles. The van der Waals surface area contributed by atoms with Gasteiger partial charge in [0.05, 0.1) is 24.6 Å². The molecule has 4 amide bonds. The number of urea groups is 1. The lowest BCUT2D eigenvalue weighted by Gasteiger charge is -2.29. The van der Waals surface area contributed by atoms with Crippen molar-refractivity contribution in [3.8, 4) is 0 Å². The van der Waals surface area contributed by atoms with Crippen LogP contribution in [0.15, 0.2) is 77.8 Å². The van der Waals surface area contributed by atoms with Gasteiger partial charge in [0, 0.05) is 43.1 Å². The van der Waals surface area contributed by atoms with Crippen molar-refractivity contribution in [1.82, 2.24) is 10.2 Å². The van der Waals surface area contributed by atoms with Gasteiger partial charge in [-0.2, -0.15) is 0 Å². The predicted octanol–water partition coefficient (Wildman–Crippen LogP) is 3.63. The molecular formula is C31H32F2N6O4. The van der Waals surface area contributed by atoms with Crippen molar-refractivity contribution < 1.29 is 27.9 Å². The summed E-state index contributed by atoms with van der Waals surface area (Å²) in [6, 6.07) is 17.2. The largest absolute Gasteiger partial charge is 0.379 e. The number of benzodiazepines with no additional fused rings is 1. The fourth-order valence-electron chi connectivity index (χ4n) is 5.02. The summed E-state index contributed by atoms with van der Waals surface area (Å²) >= 11 is 0. The van der Waals surface area contributed by atoms with E-state index in [0.717, 1.165) is 0 Å². The molecule has 2 aliphatic rings. The molecule has 0 bridgehead atoms. The topological polar surface area (TPSA) is 107 Å². The van der Waals surface area contributed by atoms with Crippen LogP contribution in [-0.2, 0) is 14.3 Å². The number of carbonyl (C=O) groups excluding carboxylic acids is 3. The zero-order chi connectivity index (χ0) is 30.3. The molecule has 10 nitrogen and oxygen atoms in total. The first-order valence-electron chi connectivity index (χ1n) is 14.0. The van der Waals surface area contributed by atoms with Crippen LogP contribution >= 0.6 is 0 Å². The van der Waals surface area contributed by atoms with Gasteiger partial charge in [-0.1, -0.05) is 18.2 Å². The van der Waals surface area contributed by atoms with E-state index >= 15 is 0 Å². The molecule has 0 aliphatic carbocycles. The number of rotatable bonds is 8. The van der Waals surface area contributed by atoms with E-state index in [0.29, 0.717) is 61.2 Å². The maximum atomic E-state index is 14.1. The Morgan fingerprint density at radius 3 is 2.30 bits per heavy atom. The van der Waals surface area contributed by atoms with Gasteiger partial charge < -0.3 is 20.3 Å². The van der Waals surface area contributed by atoms with Gasteiger partial charge in [-0.15, -0.1) is 0 Å². The monoisotopic (exact) mass is 590 g/mol. The van der Waals surface area contributed by atoms with Gasteiger partial charge in [-0.05, 0) is 61.5 Å². The summed E-state index contributed by atoms with van der Waals surface area (Å²) in [4.78, 5) is 50.4. The number of nitrogens with zero attached hydrogens (tertiary/aromatic N) is 4. The first kappa shape index (κ1) is 29.8. The van der Waals surface area contributed by atoms with Gasteiger partial charge in [0.2, 0.25) is 12.1 Å². The van der Waals surface area contributed by atoms with Crippen LogP contribution < -0.4 is 20.4 Å². The smallest absolute Gasteiger partial charge is 0.321 e. The van der Waals surface area contributed by atoms with Crippen molar-refractivity contribution in [2.45, 2.75) is 13.1 Å². The molecule has 1 fully saturated rings. The van der Waals surface area contributed by atoms with E-state index in [9.17, 15) is 23.2 Å². The summed E-state index contributed by atoms with van der Waals surface area (Å²) < 4.78 is 32.4. The number of para-hydroxylation sites is 1. The number of ether oxygens (including phenoxy) is 1. The Hall–Kier alpha value is -4.68. The second-order valence-corrected chi connectivity index (χ2v) is 10.0. The van der Waals surface area contributed by atoms with Crippen molar-refractivity contribution in [2.75, 3.05) is 61.1 Å². The Kier molecular flexibility index (Phi) is 9.38. The number of fused-ring (bicyclic) bond motifs is 1. The Labute approximate surface area is 247 Å². The molecule has 1 atom stereocenters. The molecule has 0 radical (unpaired) electrons. The molecule has 1 saturated heterocycles. The average molecular weight is 591 g/mol. The van der Waals surface area contributed by atoms with Gasteiger partial charge in [0.25, 0.3) is 5.91 Å². The minimum atomic E-state index is -1.36. The molecule has 2 aliphatic heterocycles. The molecule has 5 rings (SSSR count). The highest BCUT2D eigenvalue weighted by atomic mass is 19.1. The highest BCUT2D eigenvalue weighted by Crippen LogP contribution is 2.27. The summed E-state index contributed by atoms with van der Waals surface area (Å²) in [6.07, 6.45) is -1.36. The number of morpholine rings is 1. The molecule has 2 heterocycles. The molecule has 2 N–H and O–H groups in total. The van der Waals surface area contributed by atoms with Gasteiger partial charge in [-0.25, -0.2) is 13.6 Å². The van der Waals surface area contributed by atoms with Gasteiger partial charge in [-0.3, -0.25) is 24.4 Å². The van der Waals surface area contributed by atoms with E-state index in [-0.39, 0.29) is 13.1 Å². The predicted molar refractivity (Wildman–Crippen MR) is 159 cm³/mol. The molecule has 224 valence electrons. The zero-order valence-electron chi connectivity index (χ0n) is 23.6. The molecule has 3 aromatic carbocycles. The molecule has 43 heavy (non-hydrogen) atoms. The molecule has 0 spiro atoms. The number of hydrogen-bond donors (Lipinski definition) is 2. The number of nitrogens with one attached hydrogen (secondary N) is 2. The molecule has 0 aromatic heterocycles. The van der Waals surface area contributed by atoms with Crippen LogP contribution in [0, 0.1) is 11.6 Å². The van der Waals surface area contributed by atoms with Crippen LogP contribution in [0.4, 0.5) is 30.6 Å². The first-order valence-corrected chi connectivity index (χ1v) is 14.0. The van der Waals surface area contributed by atoms with Crippen molar-refractivity contribution in [3.05, 3.63) is 90.0 Å². The molecular weight excluding hydrogens is 558 g/mol. The molecule has 3 aromatic rings. The fraction of sp³-hybridized carbons (Fsp3) is 0.290. The molecule has 1 unspecified atom stereocenters. The number of benzene rings is 3. The van der Waals surface area contributed by atoms with Gasteiger partial charge in [0.1, 0.15) is 18.2 Å². The summed E-state index contributed by atoms with van der Waals surface area (Å²) in [5.41, 5.74) is 2.51.